The van der Waals surface area contributed by atoms with Gasteiger partial charge in [-0.05, 0) is 18.6 Å². The number of nitrogens with one attached hydrogen (secondary N) is 1. The predicted octanol–water partition coefficient (Wildman–Crippen LogP) is 1.37. The Hall–Kier alpha value is -0.420. The minimum Gasteiger partial charge on any atom is -0.379 e. The van der Waals surface area contributed by atoms with Crippen LogP contribution in [0.5, 0.6) is 0 Å². The smallest absolute Gasteiger partial charge is 0.0817 e. The van der Waals surface area contributed by atoms with Crippen LogP contribution in [-0.4, -0.2) is 26.3 Å². The van der Waals surface area contributed by atoms with Gasteiger partial charge in [-0.25, -0.2) is 0 Å². The van der Waals surface area contributed by atoms with Gasteiger partial charge in [-0.1, -0.05) is 6.92 Å². The number of rotatable bonds is 7. The molecule has 0 aromatic carbocycles. The number of ether oxygens (including phenoxy) is 1. The Balaban J connectivity index is 2.25. The van der Waals surface area contributed by atoms with Crippen LogP contribution in [0.3, 0.4) is 0 Å². The van der Waals surface area contributed by atoms with Gasteiger partial charge >= 0.3 is 0 Å². The lowest BCUT2D eigenvalue weighted by Crippen LogP contribution is -2.33. The van der Waals surface area contributed by atoms with Crippen molar-refractivity contribution in [1.29, 1.82) is 0 Å². The van der Waals surface area contributed by atoms with E-state index in [9.17, 15) is 0 Å². The molecule has 3 N–H and O–H groups in total. The third kappa shape index (κ3) is 4.30. The molecule has 15 heavy (non-hydrogen) atoms. The lowest BCUT2D eigenvalue weighted by Gasteiger charge is -2.12. The molecule has 0 spiro atoms. The van der Waals surface area contributed by atoms with Crippen LogP contribution in [0.15, 0.2) is 12.1 Å². The van der Waals surface area contributed by atoms with E-state index in [1.54, 1.807) is 7.11 Å². The molecule has 4 heteroatoms. The number of thiophene rings is 1. The van der Waals surface area contributed by atoms with E-state index >= 15 is 0 Å². The monoisotopic (exact) mass is 228 g/mol. The Kier molecular flexibility index (Phi) is 5.86. The van der Waals surface area contributed by atoms with Crippen LogP contribution in [0.25, 0.3) is 0 Å². The van der Waals surface area contributed by atoms with Gasteiger partial charge in [-0.3, -0.25) is 0 Å². The van der Waals surface area contributed by atoms with Gasteiger partial charge < -0.3 is 15.8 Å². The zero-order valence-corrected chi connectivity index (χ0v) is 10.3. The van der Waals surface area contributed by atoms with Crippen LogP contribution in [0.2, 0.25) is 0 Å². The maximum Gasteiger partial charge on any atom is 0.0817 e. The van der Waals surface area contributed by atoms with Crippen molar-refractivity contribution in [1.82, 2.24) is 5.32 Å². The molecule has 1 aromatic rings. The van der Waals surface area contributed by atoms with Crippen LogP contribution in [-0.2, 0) is 17.7 Å². The quantitative estimate of drug-likeness (QED) is 0.741. The maximum absolute atomic E-state index is 5.53. The van der Waals surface area contributed by atoms with Gasteiger partial charge in [0.25, 0.3) is 0 Å². The molecule has 0 aliphatic carbocycles. The number of hydrogen-bond acceptors (Lipinski definition) is 4. The van der Waals surface area contributed by atoms with E-state index in [0.29, 0.717) is 6.54 Å². The first-order chi connectivity index (χ1) is 7.30. The van der Waals surface area contributed by atoms with E-state index < -0.39 is 0 Å². The normalized spacial score (nSPS) is 13.0. The summed E-state index contributed by atoms with van der Waals surface area (Å²) in [6.07, 6.45) is 1.24. The summed E-state index contributed by atoms with van der Waals surface area (Å²) in [5.74, 6) is 0. The van der Waals surface area contributed by atoms with Gasteiger partial charge in [0.15, 0.2) is 0 Å². The van der Waals surface area contributed by atoms with Crippen LogP contribution in [0.4, 0.5) is 0 Å². The lowest BCUT2D eigenvalue weighted by atomic mass is 10.3. The second-order valence-electron chi connectivity index (χ2n) is 3.45. The average Bonchev–Trinajstić information content (AvgIpc) is 2.72. The molecular weight excluding hydrogens is 208 g/mol. The molecule has 0 radical (unpaired) electrons. The summed E-state index contributed by atoms with van der Waals surface area (Å²) in [4.78, 5) is 2.81. The van der Waals surface area contributed by atoms with Crippen molar-refractivity contribution in [3.05, 3.63) is 21.9 Å². The highest BCUT2D eigenvalue weighted by atomic mass is 32.1. The predicted molar refractivity (Wildman–Crippen MR) is 65.3 cm³/mol. The van der Waals surface area contributed by atoms with E-state index in [1.165, 1.54) is 9.75 Å². The van der Waals surface area contributed by atoms with Gasteiger partial charge in [0.2, 0.25) is 0 Å². The second kappa shape index (κ2) is 6.95. The summed E-state index contributed by atoms with van der Waals surface area (Å²) in [6.45, 7) is 4.46. The SMILES string of the molecule is CCc1ccc(CNCC(CN)OC)s1. The number of aryl methyl sites for hydroxylation is 1. The molecule has 0 bridgehead atoms. The molecule has 0 amide bonds. The van der Waals surface area contributed by atoms with Crippen LogP contribution in [0.1, 0.15) is 16.7 Å². The van der Waals surface area contributed by atoms with E-state index in [-0.39, 0.29) is 6.10 Å². The second-order valence-corrected chi connectivity index (χ2v) is 4.70. The standard InChI is InChI=1S/C11H20N2OS/c1-3-10-4-5-11(15-10)8-13-7-9(6-12)14-2/h4-5,9,13H,3,6-8,12H2,1-2H3. The summed E-state index contributed by atoms with van der Waals surface area (Å²) < 4.78 is 5.18. The van der Waals surface area contributed by atoms with Crippen molar-refractivity contribution in [2.24, 2.45) is 5.73 Å². The highest BCUT2D eigenvalue weighted by molar-refractivity contribution is 7.11. The summed E-state index contributed by atoms with van der Waals surface area (Å²) >= 11 is 1.87. The molecule has 0 saturated carbocycles. The Labute approximate surface area is 95.6 Å². The molecular formula is C11H20N2OS. The first-order valence-corrected chi connectivity index (χ1v) is 6.13. The highest BCUT2D eigenvalue weighted by Gasteiger charge is 2.04. The Morgan fingerprint density at radius 2 is 2.20 bits per heavy atom. The van der Waals surface area contributed by atoms with Gasteiger partial charge in [0.05, 0.1) is 6.10 Å². The van der Waals surface area contributed by atoms with Gasteiger partial charge in [-0.15, -0.1) is 11.3 Å². The van der Waals surface area contributed by atoms with Gasteiger partial charge in [-0.2, -0.15) is 0 Å². The molecule has 0 aliphatic heterocycles. The average molecular weight is 228 g/mol. The molecule has 1 unspecified atom stereocenters. The van der Waals surface area contributed by atoms with Crippen LogP contribution in [0, 0.1) is 0 Å². The van der Waals surface area contributed by atoms with Crippen molar-refractivity contribution in [2.75, 3.05) is 20.2 Å². The maximum atomic E-state index is 5.53. The zero-order valence-electron chi connectivity index (χ0n) is 9.45. The molecule has 3 nitrogen and oxygen atoms in total. The first kappa shape index (κ1) is 12.6. The molecule has 1 rings (SSSR count). The fourth-order valence-corrected chi connectivity index (χ4v) is 2.25. The fraction of sp³-hybridized carbons (Fsp3) is 0.636. The first-order valence-electron chi connectivity index (χ1n) is 5.31. The minimum absolute atomic E-state index is 0.121. The van der Waals surface area contributed by atoms with Crippen molar-refractivity contribution in [2.45, 2.75) is 26.0 Å². The van der Waals surface area contributed by atoms with Crippen molar-refractivity contribution in [3.8, 4) is 0 Å². The zero-order chi connectivity index (χ0) is 11.1. The van der Waals surface area contributed by atoms with E-state index in [2.05, 4.69) is 24.4 Å². The third-order valence-electron chi connectivity index (χ3n) is 2.33. The number of hydrogen-bond donors (Lipinski definition) is 2. The molecule has 1 atom stereocenters. The summed E-state index contributed by atoms with van der Waals surface area (Å²) in [5, 5.41) is 3.35. The number of nitrogens with two attached hydrogens (primary N) is 1. The summed E-state index contributed by atoms with van der Waals surface area (Å²) in [7, 11) is 1.69. The van der Waals surface area contributed by atoms with E-state index in [4.69, 9.17) is 10.5 Å². The van der Waals surface area contributed by atoms with Crippen LogP contribution < -0.4 is 11.1 Å². The fourth-order valence-electron chi connectivity index (χ4n) is 1.33. The molecule has 86 valence electrons. The third-order valence-corrected chi connectivity index (χ3v) is 3.56. The van der Waals surface area contributed by atoms with Crippen LogP contribution >= 0.6 is 11.3 Å². The van der Waals surface area contributed by atoms with Crippen molar-refractivity contribution < 1.29 is 4.74 Å². The minimum atomic E-state index is 0.121. The Bertz CT molecular complexity index is 271. The van der Waals surface area contributed by atoms with E-state index in [0.717, 1.165) is 19.5 Å². The summed E-state index contributed by atoms with van der Waals surface area (Å²) in [6, 6.07) is 4.37. The van der Waals surface area contributed by atoms with Gasteiger partial charge in [0, 0.05) is 36.5 Å². The Morgan fingerprint density at radius 3 is 2.73 bits per heavy atom. The Morgan fingerprint density at radius 1 is 1.47 bits per heavy atom. The molecule has 1 heterocycles. The topological polar surface area (TPSA) is 47.3 Å². The molecule has 0 fully saturated rings. The largest absolute Gasteiger partial charge is 0.379 e. The highest BCUT2D eigenvalue weighted by Crippen LogP contribution is 2.16. The van der Waals surface area contributed by atoms with Gasteiger partial charge in [0.1, 0.15) is 0 Å². The molecule has 0 aliphatic rings. The molecule has 1 aromatic heterocycles. The summed E-state index contributed by atoms with van der Waals surface area (Å²) in [5.41, 5.74) is 5.53. The van der Waals surface area contributed by atoms with Crippen molar-refractivity contribution >= 4 is 11.3 Å². The van der Waals surface area contributed by atoms with Crippen molar-refractivity contribution in [3.63, 3.8) is 0 Å². The molecule has 0 saturated heterocycles. The number of methoxy groups -OCH3 is 1. The van der Waals surface area contributed by atoms with E-state index in [1.807, 2.05) is 11.3 Å². The lowest BCUT2D eigenvalue weighted by molar-refractivity contribution is 0.108.